The lowest BCUT2D eigenvalue weighted by Gasteiger charge is -2.34. The molecule has 2 heterocycles. The molecule has 2 aliphatic rings. The Morgan fingerprint density at radius 3 is 2.75 bits per heavy atom. The predicted molar refractivity (Wildman–Crippen MR) is 73.2 cm³/mol. The SMILES string of the molecule is CC1CCCCN1CCNC1CCSCC1. The van der Waals surface area contributed by atoms with Gasteiger partial charge in [0.25, 0.3) is 0 Å². The van der Waals surface area contributed by atoms with Crippen LogP contribution in [0.5, 0.6) is 0 Å². The smallest absolute Gasteiger partial charge is 0.0110 e. The fourth-order valence-corrected chi connectivity index (χ4v) is 3.91. The van der Waals surface area contributed by atoms with Gasteiger partial charge in [0, 0.05) is 25.2 Å². The molecule has 2 fully saturated rings. The van der Waals surface area contributed by atoms with Crippen molar-refractivity contribution in [3.8, 4) is 0 Å². The molecule has 16 heavy (non-hydrogen) atoms. The summed E-state index contributed by atoms with van der Waals surface area (Å²) in [7, 11) is 0. The van der Waals surface area contributed by atoms with E-state index in [2.05, 4.69) is 28.9 Å². The molecule has 2 aliphatic heterocycles. The quantitative estimate of drug-likeness (QED) is 0.815. The molecule has 2 saturated heterocycles. The maximum absolute atomic E-state index is 3.73. The van der Waals surface area contributed by atoms with Crippen LogP contribution in [0.2, 0.25) is 0 Å². The Kier molecular flexibility index (Phi) is 5.46. The molecule has 0 aliphatic carbocycles. The van der Waals surface area contributed by atoms with E-state index in [1.165, 1.54) is 63.2 Å². The van der Waals surface area contributed by atoms with Gasteiger partial charge < -0.3 is 5.32 Å². The molecule has 2 rings (SSSR count). The van der Waals surface area contributed by atoms with Crippen molar-refractivity contribution in [3.05, 3.63) is 0 Å². The Balaban J connectivity index is 1.59. The Labute approximate surface area is 105 Å². The fourth-order valence-electron chi connectivity index (χ4n) is 2.80. The summed E-state index contributed by atoms with van der Waals surface area (Å²) in [6.45, 7) is 6.16. The summed E-state index contributed by atoms with van der Waals surface area (Å²) in [5.74, 6) is 2.72. The number of hydrogen-bond acceptors (Lipinski definition) is 3. The van der Waals surface area contributed by atoms with Gasteiger partial charge in [-0.25, -0.2) is 0 Å². The van der Waals surface area contributed by atoms with E-state index in [9.17, 15) is 0 Å². The van der Waals surface area contributed by atoms with E-state index in [4.69, 9.17) is 0 Å². The zero-order valence-electron chi connectivity index (χ0n) is 10.6. The zero-order chi connectivity index (χ0) is 11.2. The van der Waals surface area contributed by atoms with Crippen LogP contribution in [0, 0.1) is 0 Å². The molecule has 3 heteroatoms. The van der Waals surface area contributed by atoms with E-state index in [1.807, 2.05) is 0 Å². The minimum absolute atomic E-state index is 0.807. The second-order valence-electron chi connectivity index (χ2n) is 5.22. The summed E-state index contributed by atoms with van der Waals surface area (Å²) in [5.41, 5.74) is 0. The number of nitrogens with one attached hydrogen (secondary N) is 1. The first-order valence-electron chi connectivity index (χ1n) is 6.91. The second-order valence-corrected chi connectivity index (χ2v) is 6.45. The van der Waals surface area contributed by atoms with Crippen LogP contribution in [0.15, 0.2) is 0 Å². The minimum Gasteiger partial charge on any atom is -0.313 e. The van der Waals surface area contributed by atoms with Crippen LogP contribution < -0.4 is 5.32 Å². The van der Waals surface area contributed by atoms with Crippen LogP contribution in [0.3, 0.4) is 0 Å². The fraction of sp³-hybridized carbons (Fsp3) is 1.00. The van der Waals surface area contributed by atoms with Gasteiger partial charge in [-0.3, -0.25) is 4.90 Å². The summed E-state index contributed by atoms with van der Waals surface area (Å²) in [6.07, 6.45) is 7.00. The van der Waals surface area contributed by atoms with Crippen molar-refractivity contribution >= 4 is 11.8 Å². The van der Waals surface area contributed by atoms with Gasteiger partial charge in [-0.05, 0) is 50.7 Å². The average Bonchev–Trinajstić information content (AvgIpc) is 2.33. The van der Waals surface area contributed by atoms with Gasteiger partial charge in [-0.15, -0.1) is 0 Å². The Morgan fingerprint density at radius 1 is 1.19 bits per heavy atom. The molecule has 2 nitrogen and oxygen atoms in total. The van der Waals surface area contributed by atoms with Crippen LogP contribution in [-0.2, 0) is 0 Å². The standard InChI is InChI=1S/C13H26N2S/c1-12-4-2-3-8-15(12)9-7-14-13-5-10-16-11-6-13/h12-14H,2-11H2,1H3. The maximum Gasteiger partial charge on any atom is 0.0110 e. The van der Waals surface area contributed by atoms with Gasteiger partial charge in [0.2, 0.25) is 0 Å². The molecule has 0 aromatic carbocycles. The molecule has 1 N–H and O–H groups in total. The molecule has 94 valence electrons. The Hall–Kier alpha value is 0.270. The number of rotatable bonds is 4. The summed E-state index contributed by atoms with van der Waals surface area (Å²) in [5, 5.41) is 3.73. The molecule has 0 saturated carbocycles. The summed E-state index contributed by atoms with van der Waals surface area (Å²) < 4.78 is 0. The monoisotopic (exact) mass is 242 g/mol. The number of hydrogen-bond donors (Lipinski definition) is 1. The van der Waals surface area contributed by atoms with Crippen LogP contribution in [-0.4, -0.2) is 48.1 Å². The third-order valence-electron chi connectivity index (χ3n) is 3.99. The summed E-state index contributed by atoms with van der Waals surface area (Å²) in [4.78, 5) is 2.66. The molecule has 1 unspecified atom stereocenters. The number of nitrogens with zero attached hydrogens (tertiary/aromatic N) is 1. The van der Waals surface area contributed by atoms with E-state index >= 15 is 0 Å². The van der Waals surface area contributed by atoms with Crippen LogP contribution in [0.25, 0.3) is 0 Å². The van der Waals surface area contributed by atoms with E-state index in [0.29, 0.717) is 0 Å². The zero-order valence-corrected chi connectivity index (χ0v) is 11.4. The first kappa shape index (κ1) is 12.7. The van der Waals surface area contributed by atoms with Gasteiger partial charge in [-0.1, -0.05) is 6.42 Å². The van der Waals surface area contributed by atoms with Crippen LogP contribution in [0.1, 0.15) is 39.0 Å². The van der Waals surface area contributed by atoms with Crippen molar-refractivity contribution in [3.63, 3.8) is 0 Å². The van der Waals surface area contributed by atoms with Crippen molar-refractivity contribution in [2.24, 2.45) is 0 Å². The van der Waals surface area contributed by atoms with Gasteiger partial charge in [0.15, 0.2) is 0 Å². The highest BCUT2D eigenvalue weighted by Crippen LogP contribution is 2.17. The lowest BCUT2D eigenvalue weighted by molar-refractivity contribution is 0.159. The van der Waals surface area contributed by atoms with Crippen molar-refractivity contribution in [1.29, 1.82) is 0 Å². The summed E-state index contributed by atoms with van der Waals surface area (Å²) in [6, 6.07) is 1.62. The Morgan fingerprint density at radius 2 is 2.00 bits per heavy atom. The number of thioether (sulfide) groups is 1. The van der Waals surface area contributed by atoms with Gasteiger partial charge in [0.1, 0.15) is 0 Å². The first-order chi connectivity index (χ1) is 7.86. The lowest BCUT2D eigenvalue weighted by Crippen LogP contribution is -2.43. The van der Waals surface area contributed by atoms with Crippen LogP contribution in [0.4, 0.5) is 0 Å². The topological polar surface area (TPSA) is 15.3 Å². The van der Waals surface area contributed by atoms with Gasteiger partial charge >= 0.3 is 0 Å². The summed E-state index contributed by atoms with van der Waals surface area (Å²) >= 11 is 2.11. The van der Waals surface area contributed by atoms with E-state index in [-0.39, 0.29) is 0 Å². The largest absolute Gasteiger partial charge is 0.313 e. The third kappa shape index (κ3) is 3.94. The Bertz CT molecular complexity index is 192. The molecule has 0 aromatic rings. The highest BCUT2D eigenvalue weighted by molar-refractivity contribution is 7.99. The van der Waals surface area contributed by atoms with Crippen molar-refractivity contribution < 1.29 is 0 Å². The highest BCUT2D eigenvalue weighted by atomic mass is 32.2. The third-order valence-corrected chi connectivity index (χ3v) is 5.04. The van der Waals surface area contributed by atoms with Crippen molar-refractivity contribution in [2.45, 2.75) is 51.1 Å². The molecule has 0 bridgehead atoms. The lowest BCUT2D eigenvalue weighted by atomic mass is 10.0. The second kappa shape index (κ2) is 6.87. The molecule has 0 aromatic heterocycles. The van der Waals surface area contributed by atoms with Crippen LogP contribution >= 0.6 is 11.8 Å². The predicted octanol–water partition coefficient (Wildman–Crippen LogP) is 2.35. The van der Waals surface area contributed by atoms with Gasteiger partial charge in [0.05, 0.1) is 0 Å². The van der Waals surface area contributed by atoms with Crippen molar-refractivity contribution in [1.82, 2.24) is 10.2 Å². The minimum atomic E-state index is 0.807. The molecular weight excluding hydrogens is 216 g/mol. The first-order valence-corrected chi connectivity index (χ1v) is 8.07. The average molecular weight is 242 g/mol. The van der Waals surface area contributed by atoms with E-state index in [0.717, 1.165) is 12.1 Å². The molecule has 0 spiro atoms. The highest BCUT2D eigenvalue weighted by Gasteiger charge is 2.18. The maximum atomic E-state index is 3.73. The molecular formula is C13H26N2S. The molecule has 1 atom stereocenters. The normalized spacial score (nSPS) is 29.4. The number of likely N-dealkylation sites (tertiary alicyclic amines) is 1. The number of piperidine rings is 1. The van der Waals surface area contributed by atoms with Crippen molar-refractivity contribution in [2.75, 3.05) is 31.1 Å². The molecule has 0 radical (unpaired) electrons. The van der Waals surface area contributed by atoms with Gasteiger partial charge in [-0.2, -0.15) is 11.8 Å². The van der Waals surface area contributed by atoms with E-state index < -0.39 is 0 Å². The molecule has 0 amide bonds. The van der Waals surface area contributed by atoms with E-state index in [1.54, 1.807) is 0 Å².